The smallest absolute Gasteiger partial charge is 0.330 e. The van der Waals surface area contributed by atoms with Gasteiger partial charge in [-0.05, 0) is 82.1 Å². The molecule has 0 radical (unpaired) electrons. The number of hydrogen-bond donors (Lipinski definition) is 2. The summed E-state index contributed by atoms with van der Waals surface area (Å²) in [6.45, 7) is 14.9. The molecule has 8 atom stereocenters. The molecule has 0 aromatic carbocycles. The number of carbonyl (C=O) groups excluding carboxylic acids is 1. The number of allylic oxidation sites excluding steroid dienone is 2. The average molecular weight is 485 g/mol. The van der Waals surface area contributed by atoms with Crippen molar-refractivity contribution in [3.8, 4) is 0 Å². The number of aliphatic hydroxyl groups is 1. The molecule has 35 heavy (non-hydrogen) atoms. The summed E-state index contributed by atoms with van der Waals surface area (Å²) in [6, 6.07) is 0. The molecule has 4 aliphatic carbocycles. The number of carboxylic acids is 1. The average Bonchev–Trinajstić information content (AvgIpc) is 3.50. The largest absolute Gasteiger partial charge is 0.478 e. The van der Waals surface area contributed by atoms with Crippen molar-refractivity contribution in [2.24, 2.45) is 34.0 Å². The summed E-state index contributed by atoms with van der Waals surface area (Å²) in [7, 11) is 0. The van der Waals surface area contributed by atoms with Gasteiger partial charge in [-0.3, -0.25) is 4.79 Å². The molecule has 0 amide bonds. The van der Waals surface area contributed by atoms with Crippen LogP contribution in [-0.2, 0) is 14.3 Å². The van der Waals surface area contributed by atoms with Crippen LogP contribution in [0.1, 0.15) is 99.8 Å². The van der Waals surface area contributed by atoms with Crippen molar-refractivity contribution < 1.29 is 24.5 Å². The lowest BCUT2D eigenvalue weighted by atomic mass is 9.44. The van der Waals surface area contributed by atoms with E-state index in [1.54, 1.807) is 6.92 Å². The molecule has 5 heteroatoms. The molecule has 4 fully saturated rings. The molecule has 5 aliphatic rings. The first-order chi connectivity index (χ1) is 16.2. The van der Waals surface area contributed by atoms with Gasteiger partial charge in [0.2, 0.25) is 0 Å². The van der Waals surface area contributed by atoms with E-state index in [9.17, 15) is 14.7 Å². The molecule has 5 rings (SSSR count). The Morgan fingerprint density at radius 1 is 1.11 bits per heavy atom. The molecule has 1 heterocycles. The molecule has 5 nitrogen and oxygen atoms in total. The molecule has 194 valence electrons. The van der Waals surface area contributed by atoms with Gasteiger partial charge in [0, 0.05) is 28.2 Å². The maximum absolute atomic E-state index is 12.9. The summed E-state index contributed by atoms with van der Waals surface area (Å²) < 4.78 is 6.75. The summed E-state index contributed by atoms with van der Waals surface area (Å²) in [5, 5.41) is 21.8. The van der Waals surface area contributed by atoms with Gasteiger partial charge in [0.05, 0.1) is 0 Å². The molecule has 1 saturated heterocycles. The zero-order valence-corrected chi connectivity index (χ0v) is 22.7. The highest BCUT2D eigenvalue weighted by Crippen LogP contribution is 2.82. The predicted molar refractivity (Wildman–Crippen MR) is 135 cm³/mol. The fourth-order valence-corrected chi connectivity index (χ4v) is 9.81. The molecule has 0 aromatic heterocycles. The predicted octanol–water partition coefficient (Wildman–Crippen LogP) is 5.85. The number of carbonyl (C=O) groups is 2. The lowest BCUT2D eigenvalue weighted by Crippen LogP contribution is -2.60. The van der Waals surface area contributed by atoms with Crippen LogP contribution in [-0.4, -0.2) is 39.3 Å². The van der Waals surface area contributed by atoms with Crippen molar-refractivity contribution in [1.29, 1.82) is 0 Å². The minimum atomic E-state index is -0.976. The van der Waals surface area contributed by atoms with Crippen molar-refractivity contribution in [2.45, 2.75) is 117 Å². The van der Waals surface area contributed by atoms with E-state index in [-0.39, 0.29) is 39.8 Å². The molecule has 0 bridgehead atoms. The fourth-order valence-electron chi connectivity index (χ4n) is 9.81. The number of epoxide rings is 1. The van der Waals surface area contributed by atoms with Gasteiger partial charge in [-0.1, -0.05) is 46.3 Å². The number of hydrogen-bond acceptors (Lipinski definition) is 4. The number of Topliss-reactive ketones (excluding diaryl/α,β-unsaturated/α-hetero) is 1. The first kappa shape index (κ1) is 25.2. The first-order valence-corrected chi connectivity index (χ1v) is 13.7. The second-order valence-corrected chi connectivity index (χ2v) is 13.5. The van der Waals surface area contributed by atoms with Crippen LogP contribution < -0.4 is 0 Å². The van der Waals surface area contributed by atoms with E-state index in [1.165, 1.54) is 5.57 Å². The van der Waals surface area contributed by atoms with E-state index < -0.39 is 11.6 Å². The number of rotatable bonds is 5. The number of fused-ring (bicyclic) bond motifs is 4. The minimum absolute atomic E-state index is 0.0979. The summed E-state index contributed by atoms with van der Waals surface area (Å²) in [6.07, 6.45) is 8.68. The van der Waals surface area contributed by atoms with Gasteiger partial charge in [-0.15, -0.1) is 0 Å². The van der Waals surface area contributed by atoms with Crippen LogP contribution in [0.25, 0.3) is 0 Å². The number of carboxylic acid groups (broad SMARTS) is 1. The summed E-state index contributed by atoms with van der Waals surface area (Å²) in [5.41, 5.74) is 0.850. The van der Waals surface area contributed by atoms with Crippen LogP contribution in [0.15, 0.2) is 22.8 Å². The van der Waals surface area contributed by atoms with Crippen LogP contribution in [0.3, 0.4) is 0 Å². The van der Waals surface area contributed by atoms with E-state index in [0.717, 1.165) is 50.5 Å². The highest BCUT2D eigenvalue weighted by molar-refractivity contribution is 5.86. The van der Waals surface area contributed by atoms with Gasteiger partial charge in [0.25, 0.3) is 0 Å². The Bertz CT molecular complexity index is 1040. The third kappa shape index (κ3) is 2.89. The van der Waals surface area contributed by atoms with Crippen molar-refractivity contribution in [3.63, 3.8) is 0 Å². The molecule has 3 saturated carbocycles. The Hall–Kier alpha value is -1.46. The molecule has 0 unspecified atom stereocenters. The Morgan fingerprint density at radius 3 is 2.40 bits per heavy atom. The Kier molecular flexibility index (Phi) is 5.43. The zero-order chi connectivity index (χ0) is 25.8. The Morgan fingerprint density at radius 2 is 1.74 bits per heavy atom. The Labute approximate surface area is 210 Å². The summed E-state index contributed by atoms with van der Waals surface area (Å²) in [4.78, 5) is 24.0. The molecular formula is C30H44O5. The van der Waals surface area contributed by atoms with Crippen LogP contribution in [0.4, 0.5) is 0 Å². The van der Waals surface area contributed by atoms with Crippen molar-refractivity contribution in [3.05, 3.63) is 22.8 Å². The van der Waals surface area contributed by atoms with Crippen LogP contribution in [0.2, 0.25) is 0 Å². The van der Waals surface area contributed by atoms with Crippen molar-refractivity contribution >= 4 is 11.8 Å². The number of ether oxygens (including phenoxy) is 1. The molecule has 1 spiro atoms. The number of aliphatic carboxylic acids is 1. The zero-order valence-electron chi connectivity index (χ0n) is 22.7. The number of ketones is 1. The highest BCUT2D eigenvalue weighted by Gasteiger charge is 2.90. The lowest BCUT2D eigenvalue weighted by Gasteiger charge is -2.59. The summed E-state index contributed by atoms with van der Waals surface area (Å²) in [5.74, 6) is 0.403. The van der Waals surface area contributed by atoms with E-state index in [0.29, 0.717) is 23.7 Å². The maximum atomic E-state index is 12.9. The summed E-state index contributed by atoms with van der Waals surface area (Å²) >= 11 is 0. The highest BCUT2D eigenvalue weighted by atomic mass is 16.6. The van der Waals surface area contributed by atoms with E-state index in [2.05, 4.69) is 41.5 Å². The topological polar surface area (TPSA) is 87.1 Å². The van der Waals surface area contributed by atoms with Crippen LogP contribution >= 0.6 is 0 Å². The van der Waals surface area contributed by atoms with Gasteiger partial charge in [-0.25, -0.2) is 4.79 Å². The van der Waals surface area contributed by atoms with Gasteiger partial charge in [0.1, 0.15) is 23.1 Å². The molecule has 1 aliphatic heterocycles. The third-order valence-electron chi connectivity index (χ3n) is 12.0. The monoisotopic (exact) mass is 484 g/mol. The van der Waals surface area contributed by atoms with Crippen molar-refractivity contribution in [2.75, 3.05) is 0 Å². The molecule has 0 aromatic rings. The van der Waals surface area contributed by atoms with Crippen molar-refractivity contribution in [1.82, 2.24) is 0 Å². The van der Waals surface area contributed by atoms with Crippen LogP contribution in [0, 0.1) is 34.0 Å². The van der Waals surface area contributed by atoms with E-state index in [1.807, 2.05) is 6.08 Å². The normalized spacial score (nSPS) is 46.9. The molecule has 2 N–H and O–H groups in total. The first-order valence-electron chi connectivity index (χ1n) is 13.7. The van der Waals surface area contributed by atoms with Gasteiger partial charge < -0.3 is 14.9 Å². The lowest BCUT2D eigenvalue weighted by molar-refractivity contribution is -0.174. The van der Waals surface area contributed by atoms with E-state index >= 15 is 0 Å². The van der Waals surface area contributed by atoms with Gasteiger partial charge in [-0.2, -0.15) is 0 Å². The fraction of sp³-hybridized carbons (Fsp3) is 0.800. The minimum Gasteiger partial charge on any atom is -0.478 e. The Balaban J connectivity index is 1.49. The van der Waals surface area contributed by atoms with Gasteiger partial charge in [0.15, 0.2) is 0 Å². The van der Waals surface area contributed by atoms with E-state index in [4.69, 9.17) is 9.84 Å². The SMILES string of the molecule is CC1=C([C@H](C)CC/C=C(/C)C(=O)O)CC[C@@]2(C)[C@@H]3CC[C@H]4C(C)(C)C(=O)CC[C@]4(C)[C@]34O[C@@H]4[C@@]12O. The molecular weight excluding hydrogens is 440 g/mol. The quantitative estimate of drug-likeness (QED) is 0.290. The second-order valence-electron chi connectivity index (χ2n) is 13.5. The standard InChI is InChI=1S/C30H44O5/c1-17(9-8-10-18(2)24(32)33)20-13-15-27(6)22-12-11-21-26(4,5)23(31)14-16-28(21,7)30(22)25(35-30)29(27,34)19(20)3/h10,17,21-22,25,34H,8-9,11-16H2,1-7H3,(H,32,33)/b18-10-/t17-,21+,22+,25-,27+,28+,29+,30+/m1/s1. The van der Waals surface area contributed by atoms with Gasteiger partial charge >= 0.3 is 5.97 Å². The third-order valence-corrected chi connectivity index (χ3v) is 12.0. The second kappa shape index (κ2) is 7.54. The maximum Gasteiger partial charge on any atom is 0.330 e. The van der Waals surface area contributed by atoms with Crippen LogP contribution in [0.5, 0.6) is 0 Å².